The minimum absolute atomic E-state index is 0.341. The van der Waals surface area contributed by atoms with Crippen LogP contribution in [0.3, 0.4) is 0 Å². The van der Waals surface area contributed by atoms with Gasteiger partial charge in [-0.25, -0.2) is 4.99 Å². The third kappa shape index (κ3) is 4.06. The fraction of sp³-hybridized carbons (Fsp3) is 0.211. The second-order valence-corrected chi connectivity index (χ2v) is 4.99. The quantitative estimate of drug-likeness (QED) is 0.795. The molecule has 1 aliphatic rings. The zero-order valence-corrected chi connectivity index (χ0v) is 12.7. The van der Waals surface area contributed by atoms with Crippen LogP contribution in [0.1, 0.15) is 24.8 Å². The Labute approximate surface area is 127 Å². The van der Waals surface area contributed by atoms with Crippen molar-refractivity contribution >= 4 is 5.71 Å². The van der Waals surface area contributed by atoms with Gasteiger partial charge in [0.15, 0.2) is 0 Å². The Morgan fingerprint density at radius 1 is 1.29 bits per heavy atom. The highest BCUT2D eigenvalue weighted by atomic mass is 15.0. The zero-order valence-electron chi connectivity index (χ0n) is 12.7. The molecule has 0 radical (unpaired) electrons. The predicted octanol–water partition coefficient (Wildman–Crippen LogP) is 4.36. The molecule has 1 atom stereocenters. The van der Waals surface area contributed by atoms with E-state index < -0.39 is 0 Å². The van der Waals surface area contributed by atoms with Crippen LogP contribution in [0.15, 0.2) is 83.7 Å². The number of benzene rings is 1. The lowest BCUT2D eigenvalue weighted by atomic mass is 9.89. The molecule has 0 spiro atoms. The molecule has 0 bridgehead atoms. The molecule has 1 unspecified atom stereocenters. The fourth-order valence-corrected chi connectivity index (χ4v) is 2.32. The van der Waals surface area contributed by atoms with E-state index in [1.807, 2.05) is 44.3 Å². The Kier molecular flexibility index (Phi) is 5.33. The maximum absolute atomic E-state index is 4.65. The lowest BCUT2D eigenvalue weighted by Gasteiger charge is -2.21. The van der Waals surface area contributed by atoms with E-state index in [1.165, 1.54) is 5.56 Å². The molecule has 0 aromatic heterocycles. The molecular formula is C19H22N2. The van der Waals surface area contributed by atoms with Gasteiger partial charge in [0, 0.05) is 19.4 Å². The second-order valence-electron chi connectivity index (χ2n) is 4.99. The molecule has 108 valence electrons. The van der Waals surface area contributed by atoms with Gasteiger partial charge in [-0.3, -0.25) is 0 Å². The SMILES string of the molecule is C=C(/C=C\C=C/C)C1=NC(NC)=CC(c2ccccc2)C1. The lowest BCUT2D eigenvalue weighted by Crippen LogP contribution is -2.17. The van der Waals surface area contributed by atoms with Gasteiger partial charge in [0.2, 0.25) is 0 Å². The minimum atomic E-state index is 0.341. The van der Waals surface area contributed by atoms with Crippen LogP contribution in [-0.2, 0) is 0 Å². The van der Waals surface area contributed by atoms with Gasteiger partial charge in [-0.15, -0.1) is 0 Å². The molecule has 1 N–H and O–H groups in total. The van der Waals surface area contributed by atoms with Crippen molar-refractivity contribution in [3.63, 3.8) is 0 Å². The maximum Gasteiger partial charge on any atom is 0.122 e. The van der Waals surface area contributed by atoms with E-state index in [0.29, 0.717) is 5.92 Å². The second kappa shape index (κ2) is 7.44. The highest BCUT2D eigenvalue weighted by Crippen LogP contribution is 2.28. The highest BCUT2D eigenvalue weighted by molar-refractivity contribution is 6.03. The largest absolute Gasteiger partial charge is 0.373 e. The summed E-state index contributed by atoms with van der Waals surface area (Å²) in [6.07, 6.45) is 11.1. The maximum atomic E-state index is 4.65. The van der Waals surface area contributed by atoms with E-state index in [0.717, 1.165) is 23.5 Å². The number of rotatable bonds is 5. The van der Waals surface area contributed by atoms with E-state index in [9.17, 15) is 0 Å². The smallest absolute Gasteiger partial charge is 0.122 e. The Hall–Kier alpha value is -2.35. The lowest BCUT2D eigenvalue weighted by molar-refractivity contribution is 0.817. The van der Waals surface area contributed by atoms with Crippen LogP contribution >= 0.6 is 0 Å². The molecule has 0 amide bonds. The van der Waals surface area contributed by atoms with Gasteiger partial charge in [0.1, 0.15) is 5.82 Å². The van der Waals surface area contributed by atoms with Gasteiger partial charge in [-0.05, 0) is 24.1 Å². The van der Waals surface area contributed by atoms with E-state index >= 15 is 0 Å². The van der Waals surface area contributed by atoms with Crippen molar-refractivity contribution in [1.29, 1.82) is 0 Å². The summed E-state index contributed by atoms with van der Waals surface area (Å²) >= 11 is 0. The predicted molar refractivity (Wildman–Crippen MR) is 91.5 cm³/mol. The zero-order chi connectivity index (χ0) is 15.1. The summed E-state index contributed by atoms with van der Waals surface area (Å²) in [5, 5.41) is 3.15. The third-order valence-corrected chi connectivity index (χ3v) is 3.48. The molecule has 2 heteroatoms. The Morgan fingerprint density at radius 3 is 2.71 bits per heavy atom. The number of hydrogen-bond acceptors (Lipinski definition) is 2. The molecule has 0 saturated carbocycles. The summed E-state index contributed by atoms with van der Waals surface area (Å²) in [6.45, 7) is 6.14. The molecular weight excluding hydrogens is 256 g/mol. The summed E-state index contributed by atoms with van der Waals surface area (Å²) in [5.41, 5.74) is 3.31. The van der Waals surface area contributed by atoms with Crippen LogP contribution in [0, 0.1) is 0 Å². The molecule has 2 nitrogen and oxygen atoms in total. The molecule has 1 aliphatic heterocycles. The summed E-state index contributed by atoms with van der Waals surface area (Å²) in [6, 6.07) is 10.5. The van der Waals surface area contributed by atoms with Crippen LogP contribution in [0.2, 0.25) is 0 Å². The van der Waals surface area contributed by atoms with E-state index in [-0.39, 0.29) is 0 Å². The van der Waals surface area contributed by atoms with E-state index in [1.54, 1.807) is 0 Å². The Morgan fingerprint density at radius 2 is 2.05 bits per heavy atom. The van der Waals surface area contributed by atoms with Crippen molar-refractivity contribution in [2.75, 3.05) is 7.05 Å². The summed E-state index contributed by atoms with van der Waals surface area (Å²) in [7, 11) is 1.90. The molecule has 1 aromatic carbocycles. The highest BCUT2D eigenvalue weighted by Gasteiger charge is 2.18. The standard InChI is InChI=1S/C19H22N2/c1-4-5-7-10-15(2)18-13-17(14-19(20-3)21-18)16-11-8-6-9-12-16/h4-12,14,17,20H,2,13H2,1,3H3/b5-4-,10-7-. The third-order valence-electron chi connectivity index (χ3n) is 3.48. The Bertz CT molecular complexity index is 604. The number of nitrogens with zero attached hydrogens (tertiary/aromatic N) is 1. The normalized spacial score (nSPS) is 18.7. The molecule has 0 saturated heterocycles. The van der Waals surface area contributed by atoms with E-state index in [2.05, 4.69) is 47.2 Å². The van der Waals surface area contributed by atoms with Gasteiger partial charge in [-0.1, -0.05) is 61.2 Å². The van der Waals surface area contributed by atoms with Crippen molar-refractivity contribution in [1.82, 2.24) is 5.32 Å². The molecule has 21 heavy (non-hydrogen) atoms. The molecule has 1 aromatic rings. The molecule has 0 fully saturated rings. The first-order chi connectivity index (χ1) is 10.2. The number of aliphatic imine (C=N–C) groups is 1. The van der Waals surface area contributed by atoms with Gasteiger partial charge in [0.25, 0.3) is 0 Å². The first-order valence-electron chi connectivity index (χ1n) is 7.25. The van der Waals surface area contributed by atoms with Crippen molar-refractivity contribution in [2.45, 2.75) is 19.3 Å². The van der Waals surface area contributed by atoms with Gasteiger partial charge in [-0.2, -0.15) is 0 Å². The summed E-state index contributed by atoms with van der Waals surface area (Å²) in [4.78, 5) is 4.65. The fourth-order valence-electron chi connectivity index (χ4n) is 2.32. The molecule has 0 aliphatic carbocycles. The van der Waals surface area contributed by atoms with Crippen molar-refractivity contribution in [2.24, 2.45) is 4.99 Å². The van der Waals surface area contributed by atoms with E-state index in [4.69, 9.17) is 0 Å². The van der Waals surface area contributed by atoms with Crippen LogP contribution in [0.25, 0.3) is 0 Å². The van der Waals surface area contributed by atoms with Crippen LogP contribution < -0.4 is 5.32 Å². The van der Waals surface area contributed by atoms with Crippen molar-refractivity contribution < 1.29 is 0 Å². The van der Waals surface area contributed by atoms with Crippen LogP contribution in [0.4, 0.5) is 0 Å². The number of nitrogens with one attached hydrogen (secondary N) is 1. The van der Waals surface area contributed by atoms with Gasteiger partial charge in [0.05, 0.1) is 5.71 Å². The minimum Gasteiger partial charge on any atom is -0.373 e. The number of allylic oxidation sites excluding steroid dienone is 6. The molecule has 2 rings (SSSR count). The monoisotopic (exact) mass is 278 g/mol. The average molecular weight is 278 g/mol. The Balaban J connectivity index is 2.22. The van der Waals surface area contributed by atoms with Gasteiger partial charge < -0.3 is 5.32 Å². The summed E-state index contributed by atoms with van der Waals surface area (Å²) in [5.74, 6) is 1.25. The average Bonchev–Trinajstić information content (AvgIpc) is 2.55. The van der Waals surface area contributed by atoms with Crippen molar-refractivity contribution in [3.8, 4) is 0 Å². The van der Waals surface area contributed by atoms with Crippen molar-refractivity contribution in [3.05, 3.63) is 84.2 Å². The molecule has 1 heterocycles. The van der Waals surface area contributed by atoms with Crippen LogP contribution in [-0.4, -0.2) is 12.8 Å². The first-order valence-corrected chi connectivity index (χ1v) is 7.25. The van der Waals surface area contributed by atoms with Gasteiger partial charge >= 0.3 is 0 Å². The number of hydrogen-bond donors (Lipinski definition) is 1. The topological polar surface area (TPSA) is 24.4 Å². The first kappa shape index (κ1) is 15.0. The summed E-state index contributed by atoms with van der Waals surface area (Å²) < 4.78 is 0. The van der Waals surface area contributed by atoms with Crippen LogP contribution in [0.5, 0.6) is 0 Å².